The average molecular weight is 308 g/mol. The first-order chi connectivity index (χ1) is 9.88. The van der Waals surface area contributed by atoms with Crippen LogP contribution in [0, 0.1) is 17.0 Å². The lowest BCUT2D eigenvalue weighted by molar-refractivity contribution is -0.385. The zero-order valence-corrected chi connectivity index (χ0v) is 12.3. The number of aliphatic hydroxyl groups excluding tert-OH is 1. The van der Waals surface area contributed by atoms with Crippen molar-refractivity contribution in [3.8, 4) is 11.5 Å². The number of benzene rings is 2. The van der Waals surface area contributed by atoms with E-state index in [1.807, 2.05) is 6.92 Å². The van der Waals surface area contributed by atoms with E-state index < -0.39 is 11.0 Å². The predicted octanol–water partition coefficient (Wildman–Crippen LogP) is 4.40. The van der Waals surface area contributed by atoms with Crippen LogP contribution in [0.4, 0.5) is 5.69 Å². The van der Waals surface area contributed by atoms with Crippen molar-refractivity contribution in [2.75, 3.05) is 0 Å². The Hall–Kier alpha value is -2.11. The number of halogens is 1. The van der Waals surface area contributed by atoms with Crippen LogP contribution in [0.1, 0.15) is 24.2 Å². The number of nitro benzene ring substituents is 1. The van der Waals surface area contributed by atoms with Crippen LogP contribution in [0.25, 0.3) is 0 Å². The summed E-state index contributed by atoms with van der Waals surface area (Å²) in [4.78, 5) is 10.6. The number of ether oxygens (including phenoxy) is 1. The van der Waals surface area contributed by atoms with Gasteiger partial charge < -0.3 is 9.84 Å². The lowest BCUT2D eigenvalue weighted by atomic mass is 10.1. The highest BCUT2D eigenvalue weighted by Gasteiger charge is 2.19. The first-order valence-corrected chi connectivity index (χ1v) is 6.66. The van der Waals surface area contributed by atoms with Gasteiger partial charge in [-0.3, -0.25) is 10.1 Å². The van der Waals surface area contributed by atoms with E-state index in [-0.39, 0.29) is 11.4 Å². The third-order valence-electron chi connectivity index (χ3n) is 3.03. The Balaban J connectivity index is 2.44. The molecule has 0 fully saturated rings. The van der Waals surface area contributed by atoms with Crippen molar-refractivity contribution >= 4 is 17.3 Å². The number of hydrogen-bond acceptors (Lipinski definition) is 4. The van der Waals surface area contributed by atoms with Crippen molar-refractivity contribution < 1.29 is 14.8 Å². The van der Waals surface area contributed by atoms with E-state index in [4.69, 9.17) is 16.3 Å². The number of nitrogens with zero attached hydrogens (tertiary/aromatic N) is 1. The molecule has 0 saturated heterocycles. The van der Waals surface area contributed by atoms with E-state index in [9.17, 15) is 15.2 Å². The summed E-state index contributed by atoms with van der Waals surface area (Å²) in [6, 6.07) is 9.46. The van der Waals surface area contributed by atoms with Crippen LogP contribution >= 0.6 is 11.6 Å². The van der Waals surface area contributed by atoms with Crippen molar-refractivity contribution in [2.24, 2.45) is 0 Å². The van der Waals surface area contributed by atoms with E-state index in [0.717, 1.165) is 5.56 Å². The molecule has 0 amide bonds. The number of aliphatic hydroxyl groups is 1. The van der Waals surface area contributed by atoms with Crippen molar-refractivity contribution in [1.82, 2.24) is 0 Å². The van der Waals surface area contributed by atoms with Crippen LogP contribution in [-0.2, 0) is 0 Å². The monoisotopic (exact) mass is 307 g/mol. The maximum Gasteiger partial charge on any atom is 0.311 e. The Bertz CT molecular complexity index is 685. The molecule has 5 nitrogen and oxygen atoms in total. The molecule has 0 aromatic heterocycles. The second-order valence-electron chi connectivity index (χ2n) is 4.67. The molecule has 0 saturated carbocycles. The van der Waals surface area contributed by atoms with E-state index >= 15 is 0 Å². The van der Waals surface area contributed by atoms with Crippen LogP contribution in [0.15, 0.2) is 36.4 Å². The first-order valence-electron chi connectivity index (χ1n) is 6.29. The molecule has 2 aromatic rings. The number of nitro groups is 1. The second kappa shape index (κ2) is 6.11. The molecule has 1 unspecified atom stereocenters. The van der Waals surface area contributed by atoms with Gasteiger partial charge in [-0.15, -0.1) is 0 Å². The van der Waals surface area contributed by atoms with Gasteiger partial charge in [0.1, 0.15) is 5.75 Å². The normalized spacial score (nSPS) is 12.0. The van der Waals surface area contributed by atoms with Gasteiger partial charge in [-0.2, -0.15) is 0 Å². The lowest BCUT2D eigenvalue weighted by Gasteiger charge is -2.11. The van der Waals surface area contributed by atoms with Crippen LogP contribution < -0.4 is 4.74 Å². The van der Waals surface area contributed by atoms with Gasteiger partial charge in [0.25, 0.3) is 0 Å². The SMILES string of the molecule is Cc1ccc(Cl)cc1Oc1ccc(C(C)O)cc1[N+](=O)[O-]. The van der Waals surface area contributed by atoms with Gasteiger partial charge in [-0.25, -0.2) is 0 Å². The standard InChI is InChI=1S/C15H14ClNO4/c1-9-3-5-12(16)8-15(9)21-14-6-4-11(10(2)18)7-13(14)17(19)20/h3-8,10,18H,1-2H3. The highest BCUT2D eigenvalue weighted by atomic mass is 35.5. The molecule has 2 rings (SSSR count). The molecule has 1 N–H and O–H groups in total. The van der Waals surface area contributed by atoms with Crippen molar-refractivity contribution in [2.45, 2.75) is 20.0 Å². The topological polar surface area (TPSA) is 72.6 Å². The molecule has 0 heterocycles. The minimum Gasteiger partial charge on any atom is -0.450 e. The second-order valence-corrected chi connectivity index (χ2v) is 5.11. The van der Waals surface area contributed by atoms with Gasteiger partial charge in [-0.1, -0.05) is 23.7 Å². The van der Waals surface area contributed by atoms with Crippen LogP contribution in [0.3, 0.4) is 0 Å². The Morgan fingerprint density at radius 3 is 2.57 bits per heavy atom. The quantitative estimate of drug-likeness (QED) is 0.671. The summed E-state index contributed by atoms with van der Waals surface area (Å²) in [5.41, 5.74) is 1.07. The molecular weight excluding hydrogens is 294 g/mol. The molecular formula is C15H14ClNO4. The third-order valence-corrected chi connectivity index (χ3v) is 3.27. The van der Waals surface area contributed by atoms with Crippen LogP contribution in [0.2, 0.25) is 5.02 Å². The zero-order chi connectivity index (χ0) is 15.6. The minimum atomic E-state index is -0.786. The first kappa shape index (κ1) is 15.3. The molecule has 21 heavy (non-hydrogen) atoms. The predicted molar refractivity (Wildman–Crippen MR) is 80.0 cm³/mol. The highest BCUT2D eigenvalue weighted by molar-refractivity contribution is 6.30. The van der Waals surface area contributed by atoms with Crippen molar-refractivity contribution in [3.63, 3.8) is 0 Å². The summed E-state index contributed by atoms with van der Waals surface area (Å²) in [5.74, 6) is 0.560. The van der Waals surface area contributed by atoms with Crippen molar-refractivity contribution in [3.05, 3.63) is 62.7 Å². The highest BCUT2D eigenvalue weighted by Crippen LogP contribution is 2.35. The molecule has 1 atom stereocenters. The van der Waals surface area contributed by atoms with E-state index in [2.05, 4.69) is 0 Å². The largest absolute Gasteiger partial charge is 0.450 e. The Morgan fingerprint density at radius 1 is 1.24 bits per heavy atom. The summed E-state index contributed by atoms with van der Waals surface area (Å²) < 4.78 is 5.61. The number of aryl methyl sites for hydroxylation is 1. The summed E-state index contributed by atoms with van der Waals surface area (Å²) in [6.45, 7) is 3.36. The molecule has 0 aliphatic carbocycles. The Kier molecular flexibility index (Phi) is 4.45. The van der Waals surface area contributed by atoms with Crippen LogP contribution in [-0.4, -0.2) is 10.0 Å². The van der Waals surface area contributed by atoms with Gasteiger partial charge in [0, 0.05) is 11.1 Å². The molecule has 0 aliphatic heterocycles. The van der Waals surface area contributed by atoms with E-state index in [1.165, 1.54) is 12.1 Å². The van der Waals surface area contributed by atoms with E-state index in [1.54, 1.807) is 31.2 Å². The minimum absolute atomic E-state index is 0.106. The maximum atomic E-state index is 11.2. The van der Waals surface area contributed by atoms with Gasteiger partial charge in [-0.05, 0) is 43.2 Å². The van der Waals surface area contributed by atoms with Gasteiger partial charge in [0.15, 0.2) is 0 Å². The molecule has 2 aromatic carbocycles. The van der Waals surface area contributed by atoms with E-state index in [0.29, 0.717) is 16.3 Å². The fourth-order valence-corrected chi connectivity index (χ4v) is 1.99. The molecule has 0 radical (unpaired) electrons. The summed E-state index contributed by atoms with van der Waals surface area (Å²) in [6.07, 6.45) is -0.786. The number of hydrogen-bond donors (Lipinski definition) is 1. The van der Waals surface area contributed by atoms with Gasteiger partial charge in [0.2, 0.25) is 5.75 Å². The molecule has 6 heteroatoms. The Labute approximate surface area is 126 Å². The fraction of sp³-hybridized carbons (Fsp3) is 0.200. The third kappa shape index (κ3) is 3.51. The summed E-state index contributed by atoms with van der Waals surface area (Å²) in [5, 5.41) is 21.2. The average Bonchev–Trinajstić information content (AvgIpc) is 2.42. The number of rotatable bonds is 4. The molecule has 0 spiro atoms. The molecule has 0 aliphatic rings. The van der Waals surface area contributed by atoms with Gasteiger partial charge in [0.05, 0.1) is 11.0 Å². The maximum absolute atomic E-state index is 11.2. The molecule has 110 valence electrons. The lowest BCUT2D eigenvalue weighted by Crippen LogP contribution is -1.98. The molecule has 0 bridgehead atoms. The van der Waals surface area contributed by atoms with Gasteiger partial charge >= 0.3 is 5.69 Å². The summed E-state index contributed by atoms with van der Waals surface area (Å²) >= 11 is 5.91. The Morgan fingerprint density at radius 2 is 1.95 bits per heavy atom. The van der Waals surface area contributed by atoms with Crippen molar-refractivity contribution in [1.29, 1.82) is 0 Å². The summed E-state index contributed by atoms with van der Waals surface area (Å²) in [7, 11) is 0. The zero-order valence-electron chi connectivity index (χ0n) is 11.5. The fourth-order valence-electron chi connectivity index (χ4n) is 1.83. The smallest absolute Gasteiger partial charge is 0.311 e. The van der Waals surface area contributed by atoms with Crippen LogP contribution in [0.5, 0.6) is 11.5 Å².